The highest BCUT2D eigenvalue weighted by atomic mass is 16.4. The first-order valence-corrected chi connectivity index (χ1v) is 5.25. The lowest BCUT2D eigenvalue weighted by atomic mass is 10.0. The summed E-state index contributed by atoms with van der Waals surface area (Å²) in [6.07, 6.45) is 2.54. The summed E-state index contributed by atoms with van der Waals surface area (Å²) in [5.74, 6) is -0.854. The Kier molecular flexibility index (Phi) is 4.11. The molecule has 1 unspecified atom stereocenters. The van der Waals surface area contributed by atoms with Gasteiger partial charge in [0.2, 0.25) is 0 Å². The molecule has 1 rings (SSSR count). The van der Waals surface area contributed by atoms with Gasteiger partial charge < -0.3 is 10.4 Å². The number of hydrogen-bond acceptors (Lipinski definition) is 2. The number of carboxylic acid groups (broad SMARTS) is 1. The van der Waals surface area contributed by atoms with Crippen LogP contribution in [0, 0.1) is 6.92 Å². The number of allylic oxidation sites excluding steroid dienone is 1. The van der Waals surface area contributed by atoms with Crippen molar-refractivity contribution in [2.75, 3.05) is 5.32 Å². The predicted octanol–water partition coefficient (Wildman–Crippen LogP) is 2.61. The van der Waals surface area contributed by atoms with Gasteiger partial charge in [0, 0.05) is 5.69 Å². The molecular weight excluding hydrogens is 202 g/mol. The maximum atomic E-state index is 10.8. The van der Waals surface area contributed by atoms with Gasteiger partial charge >= 0.3 is 5.97 Å². The standard InChI is InChI=1S/C13H17NO2/c1-4-6-11-8-5-7-9(2)12(11)14-10(3)13(15)16/h4-5,7-8,10,14H,1,6H2,2-3H3,(H,15,16). The molecule has 1 atom stereocenters. The van der Waals surface area contributed by atoms with Gasteiger partial charge in [0.05, 0.1) is 0 Å². The van der Waals surface area contributed by atoms with E-state index in [9.17, 15) is 4.79 Å². The molecular formula is C13H17NO2. The molecule has 0 saturated heterocycles. The van der Waals surface area contributed by atoms with Gasteiger partial charge in [0.1, 0.15) is 6.04 Å². The van der Waals surface area contributed by atoms with Gasteiger partial charge in [-0.3, -0.25) is 4.79 Å². The van der Waals surface area contributed by atoms with Crippen molar-refractivity contribution >= 4 is 11.7 Å². The summed E-state index contributed by atoms with van der Waals surface area (Å²) in [5.41, 5.74) is 3.02. The van der Waals surface area contributed by atoms with Crippen molar-refractivity contribution in [3.8, 4) is 0 Å². The first kappa shape index (κ1) is 12.3. The summed E-state index contributed by atoms with van der Waals surface area (Å²) in [4.78, 5) is 10.8. The molecule has 0 saturated carbocycles. The fraction of sp³-hybridized carbons (Fsp3) is 0.308. The zero-order valence-corrected chi connectivity index (χ0v) is 9.66. The summed E-state index contributed by atoms with van der Waals surface area (Å²) in [6.45, 7) is 7.29. The minimum atomic E-state index is -0.854. The number of nitrogens with one attached hydrogen (secondary N) is 1. The average molecular weight is 219 g/mol. The Balaban J connectivity index is 3.00. The van der Waals surface area contributed by atoms with Crippen molar-refractivity contribution in [1.82, 2.24) is 0 Å². The molecule has 0 radical (unpaired) electrons. The van der Waals surface area contributed by atoms with Crippen LogP contribution in [0.5, 0.6) is 0 Å². The molecule has 3 nitrogen and oxygen atoms in total. The molecule has 0 fully saturated rings. The van der Waals surface area contributed by atoms with E-state index < -0.39 is 12.0 Å². The van der Waals surface area contributed by atoms with Crippen LogP contribution >= 0.6 is 0 Å². The number of anilines is 1. The van der Waals surface area contributed by atoms with Crippen LogP contribution in [0.4, 0.5) is 5.69 Å². The van der Waals surface area contributed by atoms with Crippen molar-refractivity contribution in [3.05, 3.63) is 42.0 Å². The predicted molar refractivity (Wildman–Crippen MR) is 65.8 cm³/mol. The molecule has 0 heterocycles. The van der Waals surface area contributed by atoms with Gasteiger partial charge in [-0.15, -0.1) is 6.58 Å². The third kappa shape index (κ3) is 2.86. The third-order valence-electron chi connectivity index (χ3n) is 2.45. The van der Waals surface area contributed by atoms with Crippen LogP contribution in [0.2, 0.25) is 0 Å². The van der Waals surface area contributed by atoms with E-state index >= 15 is 0 Å². The maximum Gasteiger partial charge on any atom is 0.325 e. The Bertz CT molecular complexity index is 399. The van der Waals surface area contributed by atoms with Crippen LogP contribution in [0.3, 0.4) is 0 Å². The Labute approximate surface area is 95.8 Å². The number of aliphatic carboxylic acids is 1. The molecule has 0 aliphatic rings. The minimum Gasteiger partial charge on any atom is -0.480 e. The lowest BCUT2D eigenvalue weighted by Crippen LogP contribution is -2.26. The molecule has 86 valence electrons. The monoisotopic (exact) mass is 219 g/mol. The van der Waals surface area contributed by atoms with Crippen molar-refractivity contribution in [2.45, 2.75) is 26.3 Å². The van der Waals surface area contributed by atoms with E-state index in [1.165, 1.54) is 0 Å². The Morgan fingerprint density at radius 3 is 2.88 bits per heavy atom. The van der Waals surface area contributed by atoms with Crippen molar-refractivity contribution in [1.29, 1.82) is 0 Å². The van der Waals surface area contributed by atoms with Crippen molar-refractivity contribution in [2.24, 2.45) is 0 Å². The van der Waals surface area contributed by atoms with E-state index in [-0.39, 0.29) is 0 Å². The number of aryl methyl sites for hydroxylation is 1. The second-order valence-electron chi connectivity index (χ2n) is 3.81. The fourth-order valence-electron chi connectivity index (χ4n) is 1.54. The zero-order valence-electron chi connectivity index (χ0n) is 9.66. The normalized spacial score (nSPS) is 11.9. The second kappa shape index (κ2) is 5.35. The second-order valence-corrected chi connectivity index (χ2v) is 3.81. The zero-order chi connectivity index (χ0) is 12.1. The number of para-hydroxylation sites is 1. The van der Waals surface area contributed by atoms with E-state index in [1.54, 1.807) is 6.92 Å². The van der Waals surface area contributed by atoms with E-state index in [0.29, 0.717) is 0 Å². The summed E-state index contributed by atoms with van der Waals surface area (Å²) >= 11 is 0. The quantitative estimate of drug-likeness (QED) is 0.748. The molecule has 1 aromatic rings. The molecule has 2 N–H and O–H groups in total. The van der Waals surface area contributed by atoms with Crippen LogP contribution in [-0.2, 0) is 11.2 Å². The van der Waals surface area contributed by atoms with Gasteiger partial charge in [-0.1, -0.05) is 24.3 Å². The molecule has 0 bridgehead atoms. The van der Waals surface area contributed by atoms with E-state index in [1.807, 2.05) is 31.2 Å². The van der Waals surface area contributed by atoms with Crippen LogP contribution in [0.15, 0.2) is 30.9 Å². The molecule has 0 spiro atoms. The largest absolute Gasteiger partial charge is 0.480 e. The van der Waals surface area contributed by atoms with Gasteiger partial charge in [0.15, 0.2) is 0 Å². The first-order chi connectivity index (χ1) is 7.56. The number of carboxylic acids is 1. The van der Waals surface area contributed by atoms with Gasteiger partial charge in [0.25, 0.3) is 0 Å². The highest BCUT2D eigenvalue weighted by Crippen LogP contribution is 2.22. The fourth-order valence-corrected chi connectivity index (χ4v) is 1.54. The van der Waals surface area contributed by atoms with E-state index in [2.05, 4.69) is 11.9 Å². The molecule has 0 aromatic heterocycles. The molecule has 3 heteroatoms. The average Bonchev–Trinajstić information content (AvgIpc) is 2.23. The highest BCUT2D eigenvalue weighted by molar-refractivity contribution is 5.77. The van der Waals surface area contributed by atoms with E-state index in [0.717, 1.165) is 23.2 Å². The number of hydrogen-bond donors (Lipinski definition) is 2. The SMILES string of the molecule is C=CCc1cccc(C)c1NC(C)C(=O)O. The van der Waals surface area contributed by atoms with Crippen molar-refractivity contribution in [3.63, 3.8) is 0 Å². The van der Waals surface area contributed by atoms with Gasteiger partial charge in [-0.2, -0.15) is 0 Å². The maximum absolute atomic E-state index is 10.8. The first-order valence-electron chi connectivity index (χ1n) is 5.25. The van der Waals surface area contributed by atoms with Crippen LogP contribution < -0.4 is 5.32 Å². The summed E-state index contributed by atoms with van der Waals surface area (Å²) in [5, 5.41) is 11.9. The highest BCUT2D eigenvalue weighted by Gasteiger charge is 2.13. The molecule has 1 aromatic carbocycles. The smallest absolute Gasteiger partial charge is 0.325 e. The Hall–Kier alpha value is -1.77. The van der Waals surface area contributed by atoms with Gasteiger partial charge in [-0.25, -0.2) is 0 Å². The summed E-state index contributed by atoms with van der Waals surface area (Å²) in [7, 11) is 0. The lowest BCUT2D eigenvalue weighted by molar-refractivity contribution is -0.137. The molecule has 0 amide bonds. The minimum absolute atomic E-state index is 0.593. The van der Waals surface area contributed by atoms with Crippen LogP contribution in [0.1, 0.15) is 18.1 Å². The van der Waals surface area contributed by atoms with Gasteiger partial charge in [-0.05, 0) is 31.4 Å². The summed E-state index contributed by atoms with van der Waals surface area (Å²) < 4.78 is 0. The molecule has 16 heavy (non-hydrogen) atoms. The Morgan fingerprint density at radius 2 is 2.31 bits per heavy atom. The third-order valence-corrected chi connectivity index (χ3v) is 2.45. The van der Waals surface area contributed by atoms with Crippen molar-refractivity contribution < 1.29 is 9.90 Å². The number of benzene rings is 1. The van der Waals surface area contributed by atoms with Crippen LogP contribution in [0.25, 0.3) is 0 Å². The van der Waals surface area contributed by atoms with Crippen LogP contribution in [-0.4, -0.2) is 17.1 Å². The number of rotatable bonds is 5. The Morgan fingerprint density at radius 1 is 1.62 bits per heavy atom. The number of carbonyl (C=O) groups is 1. The molecule has 0 aliphatic heterocycles. The topological polar surface area (TPSA) is 49.3 Å². The lowest BCUT2D eigenvalue weighted by Gasteiger charge is -2.16. The van der Waals surface area contributed by atoms with E-state index in [4.69, 9.17) is 5.11 Å². The molecule has 0 aliphatic carbocycles. The summed E-state index contributed by atoms with van der Waals surface area (Å²) in [6, 6.07) is 5.31.